The summed E-state index contributed by atoms with van der Waals surface area (Å²) >= 11 is 3.83. The van der Waals surface area contributed by atoms with Gasteiger partial charge in [0.1, 0.15) is 0 Å². The Morgan fingerprint density at radius 1 is 0.310 bits per heavy atom. The molecule has 8 heteroatoms. The lowest BCUT2D eigenvalue weighted by atomic mass is 9.31. The van der Waals surface area contributed by atoms with Crippen LogP contribution in [0, 0.1) is 0 Å². The standard InChI is InChI=1S/C76H56B2N4S2/c1-76(2,3)52-43-41-51(42-44-52)60-35-19-22-38-65(60)82-67-50-71-64(49-63(67)78-62-37-21-24-40-70(62)83-72-47-59(46-69(82)75(72)78)80(55-29-13-6-14-30-55)56-31-15-7-16-32-56)77-61-36-20-23-39-66(61)81(57-33-17-8-18-34-57)68-45-58(48-73(84-71)74(68)77)79(53-25-9-4-10-26-53)54-27-11-5-12-28-54/h4-50H,1-3H3. The van der Waals surface area contributed by atoms with Crippen LogP contribution < -0.4 is 52.4 Å². The van der Waals surface area contributed by atoms with E-state index >= 15 is 0 Å². The van der Waals surface area contributed by atoms with E-state index in [1.165, 1.54) is 91.8 Å². The third-order valence-electron chi connectivity index (χ3n) is 17.2. The topological polar surface area (TPSA) is 13.0 Å². The van der Waals surface area contributed by atoms with E-state index in [-0.39, 0.29) is 18.8 Å². The van der Waals surface area contributed by atoms with Crippen LogP contribution in [0.1, 0.15) is 26.3 Å². The average Bonchev–Trinajstić information content (AvgIpc) is 1.27. The van der Waals surface area contributed by atoms with Crippen molar-refractivity contribution in [3.8, 4) is 11.1 Å². The van der Waals surface area contributed by atoms with Crippen LogP contribution in [-0.2, 0) is 5.41 Å². The molecule has 4 heterocycles. The Hall–Kier alpha value is -9.33. The molecule has 4 aliphatic heterocycles. The molecule has 0 unspecified atom stereocenters. The highest BCUT2D eigenvalue weighted by Gasteiger charge is 2.47. The molecule has 0 bridgehead atoms. The summed E-state index contributed by atoms with van der Waals surface area (Å²) in [6.45, 7) is 6.79. The zero-order chi connectivity index (χ0) is 56.0. The summed E-state index contributed by atoms with van der Waals surface area (Å²) in [6.07, 6.45) is 0. The largest absolute Gasteiger partial charge is 0.311 e. The van der Waals surface area contributed by atoms with Gasteiger partial charge in [0.25, 0.3) is 0 Å². The Labute approximate surface area is 501 Å². The van der Waals surface area contributed by atoms with E-state index in [1.807, 2.05) is 23.5 Å². The number of nitrogens with zero attached hydrogens (tertiary/aromatic N) is 4. The molecule has 0 aliphatic carbocycles. The maximum atomic E-state index is 2.64. The number of hydrogen-bond acceptors (Lipinski definition) is 6. The van der Waals surface area contributed by atoms with Gasteiger partial charge in [0.15, 0.2) is 0 Å². The lowest BCUT2D eigenvalue weighted by molar-refractivity contribution is 0.590. The summed E-state index contributed by atoms with van der Waals surface area (Å²) in [7, 11) is 0. The number of para-hydroxylation sites is 7. The molecule has 0 saturated heterocycles. The van der Waals surface area contributed by atoms with Gasteiger partial charge in [-0.3, -0.25) is 0 Å². The molecule has 16 rings (SSSR count). The third kappa shape index (κ3) is 8.33. The highest BCUT2D eigenvalue weighted by Crippen LogP contribution is 2.51. The zero-order valence-electron chi connectivity index (χ0n) is 46.9. The lowest BCUT2D eigenvalue weighted by Gasteiger charge is -2.44. The highest BCUT2D eigenvalue weighted by atomic mass is 32.2. The smallest absolute Gasteiger partial charge is 0.249 e. The fraction of sp³-hybridized carbons (Fsp3) is 0.0526. The molecule has 12 aromatic carbocycles. The van der Waals surface area contributed by atoms with Crippen LogP contribution in [0.3, 0.4) is 0 Å². The number of benzene rings is 12. The van der Waals surface area contributed by atoms with Crippen molar-refractivity contribution >= 4 is 138 Å². The molecule has 12 aromatic rings. The number of fused-ring (bicyclic) bond motifs is 8. The van der Waals surface area contributed by atoms with Crippen molar-refractivity contribution in [3.63, 3.8) is 0 Å². The summed E-state index contributed by atoms with van der Waals surface area (Å²) in [5, 5.41) is 0. The molecule has 0 spiro atoms. The van der Waals surface area contributed by atoms with Crippen LogP contribution >= 0.6 is 23.5 Å². The summed E-state index contributed by atoms with van der Waals surface area (Å²) in [5.74, 6) is 0. The van der Waals surface area contributed by atoms with Gasteiger partial charge in [-0.2, -0.15) is 0 Å². The minimum Gasteiger partial charge on any atom is -0.311 e. The van der Waals surface area contributed by atoms with E-state index in [9.17, 15) is 0 Å². The lowest BCUT2D eigenvalue weighted by Crippen LogP contribution is -2.64. The molecule has 0 atom stereocenters. The van der Waals surface area contributed by atoms with Gasteiger partial charge in [0.2, 0.25) is 13.4 Å². The van der Waals surface area contributed by atoms with E-state index < -0.39 is 0 Å². The van der Waals surface area contributed by atoms with Crippen molar-refractivity contribution in [2.75, 3.05) is 19.6 Å². The van der Waals surface area contributed by atoms with Crippen LogP contribution in [0.25, 0.3) is 11.1 Å². The highest BCUT2D eigenvalue weighted by molar-refractivity contribution is 8.00. The van der Waals surface area contributed by atoms with Gasteiger partial charge < -0.3 is 19.6 Å². The predicted octanol–water partition coefficient (Wildman–Crippen LogP) is 17.1. The fourth-order valence-electron chi connectivity index (χ4n) is 13.5. The molecule has 398 valence electrons. The minimum atomic E-state index is -0.0486. The number of rotatable bonds is 9. The minimum absolute atomic E-state index is 0.0205. The first-order chi connectivity index (χ1) is 41.3. The number of hydrogen-bond donors (Lipinski definition) is 0. The molecule has 0 saturated carbocycles. The van der Waals surface area contributed by atoms with Crippen molar-refractivity contribution in [1.29, 1.82) is 0 Å². The van der Waals surface area contributed by atoms with Crippen LogP contribution in [0.5, 0.6) is 0 Å². The van der Waals surface area contributed by atoms with Crippen molar-refractivity contribution in [2.24, 2.45) is 0 Å². The summed E-state index contributed by atoms with van der Waals surface area (Å²) in [5.41, 5.74) is 25.4. The van der Waals surface area contributed by atoms with Gasteiger partial charge in [0.05, 0.1) is 5.69 Å². The third-order valence-corrected chi connectivity index (χ3v) is 19.5. The van der Waals surface area contributed by atoms with Crippen LogP contribution in [0.2, 0.25) is 0 Å². The first kappa shape index (κ1) is 50.4. The molecular weight excluding hydrogens is 1050 g/mol. The van der Waals surface area contributed by atoms with Gasteiger partial charge in [-0.05, 0) is 148 Å². The van der Waals surface area contributed by atoms with Crippen molar-refractivity contribution in [2.45, 2.75) is 45.8 Å². The van der Waals surface area contributed by atoms with E-state index in [0.29, 0.717) is 0 Å². The second-order valence-corrected chi connectivity index (χ2v) is 25.4. The van der Waals surface area contributed by atoms with E-state index in [1.54, 1.807) is 0 Å². The molecular formula is C76H56B2N4S2. The van der Waals surface area contributed by atoms with Gasteiger partial charge >= 0.3 is 0 Å². The van der Waals surface area contributed by atoms with Crippen molar-refractivity contribution in [3.05, 3.63) is 291 Å². The van der Waals surface area contributed by atoms with Crippen LogP contribution in [-0.4, -0.2) is 13.4 Å². The average molecular weight is 1110 g/mol. The predicted molar refractivity (Wildman–Crippen MR) is 360 cm³/mol. The summed E-state index contributed by atoms with van der Waals surface area (Å²) < 4.78 is 0. The van der Waals surface area contributed by atoms with Gasteiger partial charge in [0, 0.05) is 87.7 Å². The second kappa shape index (κ2) is 20.2. The molecule has 0 amide bonds. The summed E-state index contributed by atoms with van der Waals surface area (Å²) in [4.78, 5) is 15.1. The quantitative estimate of drug-likeness (QED) is 0.133. The van der Waals surface area contributed by atoms with E-state index in [0.717, 1.165) is 45.5 Å². The van der Waals surface area contributed by atoms with Gasteiger partial charge in [-0.1, -0.05) is 231 Å². The number of anilines is 12. The Bertz CT molecular complexity index is 4420. The summed E-state index contributed by atoms with van der Waals surface area (Å²) in [6, 6.07) is 106. The Morgan fingerprint density at radius 2 is 0.762 bits per heavy atom. The van der Waals surface area contributed by atoms with Gasteiger partial charge in [-0.25, -0.2) is 0 Å². The van der Waals surface area contributed by atoms with E-state index in [4.69, 9.17) is 0 Å². The first-order valence-electron chi connectivity index (χ1n) is 29.1. The van der Waals surface area contributed by atoms with Crippen molar-refractivity contribution in [1.82, 2.24) is 0 Å². The Morgan fingerprint density at radius 3 is 1.32 bits per heavy atom. The SMILES string of the molecule is CC(C)(C)c1ccc(-c2ccccc2N2c3cc4c(cc3B3c5ccccc5Sc5cc(N(c6ccccc6)c6ccccc6)cc2c53)B2c3ccccc3N(c3ccccc3)c3cc(N(c5ccccc5)c5ccccc5)cc(c32)S4)cc1. The van der Waals surface area contributed by atoms with Crippen molar-refractivity contribution < 1.29 is 0 Å². The second-order valence-electron chi connectivity index (χ2n) is 23.2. The normalized spacial score (nSPS) is 13.2. The maximum absolute atomic E-state index is 2.64. The molecule has 4 nitrogen and oxygen atoms in total. The zero-order valence-corrected chi connectivity index (χ0v) is 48.5. The molecule has 0 radical (unpaired) electrons. The first-order valence-corrected chi connectivity index (χ1v) is 30.7. The monoisotopic (exact) mass is 1110 g/mol. The molecule has 0 fully saturated rings. The fourth-order valence-corrected chi connectivity index (χ4v) is 15.9. The molecule has 0 aromatic heterocycles. The maximum Gasteiger partial charge on any atom is 0.249 e. The Kier molecular flexibility index (Phi) is 12.1. The van der Waals surface area contributed by atoms with E-state index in [2.05, 4.69) is 325 Å². The molecule has 4 aliphatic rings. The molecule has 0 N–H and O–H groups in total. The Balaban J connectivity index is 0.980. The van der Waals surface area contributed by atoms with Crippen LogP contribution in [0.4, 0.5) is 68.2 Å². The van der Waals surface area contributed by atoms with Crippen LogP contribution in [0.15, 0.2) is 305 Å². The molecule has 84 heavy (non-hydrogen) atoms. The van der Waals surface area contributed by atoms with Gasteiger partial charge in [-0.15, -0.1) is 0 Å².